The standard InChI is InChI=1S/C6H10N2O2.ClH/c7-5-3-1-2-4(8-5)6(9)10;/h4H,1-3H2,(H2,7,8)(H,9,10);1H. The second kappa shape index (κ2) is 4.18. The summed E-state index contributed by atoms with van der Waals surface area (Å²) in [5.41, 5.74) is 5.35. The SMILES string of the molecule is Cl.NC1=NC(C(=O)O)CCC1. The highest BCUT2D eigenvalue weighted by Gasteiger charge is 2.19. The smallest absolute Gasteiger partial charge is 0.328 e. The Balaban J connectivity index is 0.000001000. The Hall–Kier alpha value is -0.770. The lowest BCUT2D eigenvalue weighted by atomic mass is 10.1. The lowest BCUT2D eigenvalue weighted by Crippen LogP contribution is -2.27. The van der Waals surface area contributed by atoms with Gasteiger partial charge in [-0.25, -0.2) is 4.79 Å². The zero-order chi connectivity index (χ0) is 7.56. The molecule has 1 aliphatic rings. The fraction of sp³-hybridized carbons (Fsp3) is 0.667. The van der Waals surface area contributed by atoms with Crippen LogP contribution in [0.5, 0.6) is 0 Å². The van der Waals surface area contributed by atoms with Crippen molar-refractivity contribution in [3.05, 3.63) is 0 Å². The number of aliphatic carboxylic acids is 1. The van der Waals surface area contributed by atoms with Gasteiger partial charge >= 0.3 is 5.97 Å². The number of carboxylic acids is 1. The lowest BCUT2D eigenvalue weighted by molar-refractivity contribution is -0.138. The van der Waals surface area contributed by atoms with Gasteiger partial charge in [0.15, 0.2) is 0 Å². The van der Waals surface area contributed by atoms with Gasteiger partial charge in [-0.2, -0.15) is 0 Å². The number of carboxylic acid groups (broad SMARTS) is 1. The third-order valence-corrected chi connectivity index (χ3v) is 1.52. The van der Waals surface area contributed by atoms with Crippen molar-refractivity contribution >= 4 is 24.2 Å². The molecule has 0 bridgehead atoms. The predicted molar refractivity (Wildman–Crippen MR) is 44.1 cm³/mol. The van der Waals surface area contributed by atoms with Gasteiger partial charge in [0.2, 0.25) is 0 Å². The summed E-state index contributed by atoms with van der Waals surface area (Å²) in [6, 6.07) is -0.589. The molecule has 0 amide bonds. The number of halogens is 1. The Bertz CT molecular complexity index is 181. The molecular weight excluding hydrogens is 168 g/mol. The van der Waals surface area contributed by atoms with Crippen LogP contribution in [0, 0.1) is 0 Å². The molecule has 0 spiro atoms. The molecule has 0 aromatic carbocycles. The van der Waals surface area contributed by atoms with E-state index < -0.39 is 12.0 Å². The number of rotatable bonds is 1. The van der Waals surface area contributed by atoms with E-state index in [9.17, 15) is 4.79 Å². The summed E-state index contributed by atoms with van der Waals surface area (Å²) in [4.78, 5) is 14.1. The number of aliphatic imine (C=N–C) groups is 1. The number of amidine groups is 1. The summed E-state index contributed by atoms with van der Waals surface area (Å²) in [6.45, 7) is 0. The van der Waals surface area contributed by atoms with E-state index >= 15 is 0 Å². The predicted octanol–water partition coefficient (Wildman–Crippen LogP) is 0.402. The Morgan fingerprint density at radius 3 is 2.73 bits per heavy atom. The molecule has 64 valence electrons. The van der Waals surface area contributed by atoms with Crippen LogP contribution in [-0.4, -0.2) is 23.0 Å². The van der Waals surface area contributed by atoms with Crippen LogP contribution < -0.4 is 5.73 Å². The van der Waals surface area contributed by atoms with Crippen molar-refractivity contribution in [1.82, 2.24) is 0 Å². The normalized spacial score (nSPS) is 23.3. The van der Waals surface area contributed by atoms with Gasteiger partial charge in [-0.05, 0) is 12.8 Å². The van der Waals surface area contributed by atoms with Gasteiger partial charge in [0.25, 0.3) is 0 Å². The zero-order valence-corrected chi connectivity index (χ0v) is 6.80. The van der Waals surface area contributed by atoms with Crippen molar-refractivity contribution in [2.75, 3.05) is 0 Å². The third kappa shape index (κ3) is 2.76. The minimum absolute atomic E-state index is 0. The summed E-state index contributed by atoms with van der Waals surface area (Å²) in [5.74, 6) is -0.402. The first-order valence-corrected chi connectivity index (χ1v) is 3.25. The summed E-state index contributed by atoms with van der Waals surface area (Å²) in [7, 11) is 0. The Kier molecular flexibility index (Phi) is 3.89. The lowest BCUT2D eigenvalue weighted by Gasteiger charge is -2.13. The summed E-state index contributed by atoms with van der Waals surface area (Å²) >= 11 is 0. The van der Waals surface area contributed by atoms with Gasteiger partial charge in [-0.1, -0.05) is 0 Å². The minimum atomic E-state index is -0.873. The molecule has 1 unspecified atom stereocenters. The molecule has 1 atom stereocenters. The van der Waals surface area contributed by atoms with E-state index in [1.165, 1.54) is 0 Å². The molecule has 1 heterocycles. The maximum atomic E-state index is 10.3. The number of carbonyl (C=O) groups is 1. The van der Waals surface area contributed by atoms with E-state index in [1.54, 1.807) is 0 Å². The van der Waals surface area contributed by atoms with Gasteiger partial charge in [0, 0.05) is 6.42 Å². The van der Waals surface area contributed by atoms with Crippen molar-refractivity contribution < 1.29 is 9.90 Å². The maximum Gasteiger partial charge on any atom is 0.328 e. The second-order valence-corrected chi connectivity index (χ2v) is 2.37. The van der Waals surface area contributed by atoms with Crippen LogP contribution in [0.15, 0.2) is 4.99 Å². The molecule has 0 saturated heterocycles. The van der Waals surface area contributed by atoms with Gasteiger partial charge in [0.1, 0.15) is 6.04 Å². The fourth-order valence-electron chi connectivity index (χ4n) is 0.984. The number of nitrogens with two attached hydrogens (primary N) is 1. The van der Waals surface area contributed by atoms with Crippen LogP contribution in [0.25, 0.3) is 0 Å². The summed E-state index contributed by atoms with van der Waals surface area (Å²) in [6.07, 6.45) is 2.20. The van der Waals surface area contributed by atoms with Crippen molar-refractivity contribution in [2.24, 2.45) is 10.7 Å². The molecule has 4 nitrogen and oxygen atoms in total. The highest BCUT2D eigenvalue weighted by Crippen LogP contribution is 2.11. The number of hydrogen-bond acceptors (Lipinski definition) is 3. The number of nitrogens with zero attached hydrogens (tertiary/aromatic N) is 1. The summed E-state index contributed by atoms with van der Waals surface area (Å²) in [5, 5.41) is 8.49. The topological polar surface area (TPSA) is 75.7 Å². The van der Waals surface area contributed by atoms with E-state index in [2.05, 4.69) is 4.99 Å². The largest absolute Gasteiger partial charge is 0.480 e. The first-order valence-electron chi connectivity index (χ1n) is 3.25. The Morgan fingerprint density at radius 1 is 1.73 bits per heavy atom. The van der Waals surface area contributed by atoms with Crippen molar-refractivity contribution in [1.29, 1.82) is 0 Å². The van der Waals surface area contributed by atoms with Crippen molar-refractivity contribution in [3.63, 3.8) is 0 Å². The molecule has 0 saturated carbocycles. The molecular formula is C6H11ClN2O2. The Morgan fingerprint density at radius 2 is 2.36 bits per heavy atom. The molecule has 1 rings (SSSR count). The second-order valence-electron chi connectivity index (χ2n) is 2.37. The first-order chi connectivity index (χ1) is 4.70. The fourth-order valence-corrected chi connectivity index (χ4v) is 0.984. The van der Waals surface area contributed by atoms with Crippen LogP contribution in [0.3, 0.4) is 0 Å². The quantitative estimate of drug-likeness (QED) is 0.611. The van der Waals surface area contributed by atoms with E-state index in [0.717, 1.165) is 12.8 Å². The monoisotopic (exact) mass is 178 g/mol. The van der Waals surface area contributed by atoms with Crippen LogP contribution in [-0.2, 0) is 4.79 Å². The van der Waals surface area contributed by atoms with Crippen LogP contribution in [0.4, 0.5) is 0 Å². The molecule has 11 heavy (non-hydrogen) atoms. The average molecular weight is 179 g/mol. The van der Waals surface area contributed by atoms with E-state index in [0.29, 0.717) is 12.3 Å². The molecule has 0 aromatic rings. The van der Waals surface area contributed by atoms with E-state index in [-0.39, 0.29) is 12.4 Å². The van der Waals surface area contributed by atoms with Crippen LogP contribution in [0.1, 0.15) is 19.3 Å². The van der Waals surface area contributed by atoms with E-state index in [4.69, 9.17) is 10.8 Å². The molecule has 0 fully saturated rings. The first kappa shape index (κ1) is 10.2. The van der Waals surface area contributed by atoms with Gasteiger partial charge in [0.05, 0.1) is 5.84 Å². The third-order valence-electron chi connectivity index (χ3n) is 1.52. The number of hydrogen-bond donors (Lipinski definition) is 2. The van der Waals surface area contributed by atoms with Crippen LogP contribution in [0.2, 0.25) is 0 Å². The highest BCUT2D eigenvalue weighted by atomic mass is 35.5. The molecule has 0 aliphatic carbocycles. The molecule has 0 aromatic heterocycles. The van der Waals surface area contributed by atoms with Crippen molar-refractivity contribution in [2.45, 2.75) is 25.3 Å². The molecule has 1 aliphatic heterocycles. The Labute approximate surface area is 70.9 Å². The van der Waals surface area contributed by atoms with Gasteiger partial charge < -0.3 is 10.8 Å². The molecule has 3 N–H and O–H groups in total. The average Bonchev–Trinajstić information content (AvgIpc) is 1.88. The van der Waals surface area contributed by atoms with Gasteiger partial charge in [-0.3, -0.25) is 4.99 Å². The summed E-state index contributed by atoms with van der Waals surface area (Å²) < 4.78 is 0. The van der Waals surface area contributed by atoms with E-state index in [1.807, 2.05) is 0 Å². The maximum absolute atomic E-state index is 10.3. The minimum Gasteiger partial charge on any atom is -0.480 e. The zero-order valence-electron chi connectivity index (χ0n) is 5.99. The van der Waals surface area contributed by atoms with Crippen LogP contribution >= 0.6 is 12.4 Å². The van der Waals surface area contributed by atoms with Gasteiger partial charge in [-0.15, -0.1) is 12.4 Å². The molecule has 5 heteroatoms. The van der Waals surface area contributed by atoms with Crippen molar-refractivity contribution in [3.8, 4) is 0 Å². The molecule has 0 radical (unpaired) electrons. The highest BCUT2D eigenvalue weighted by molar-refractivity contribution is 5.85.